The summed E-state index contributed by atoms with van der Waals surface area (Å²) in [4.78, 5) is 10.9. The minimum atomic E-state index is -1.14. The molecule has 1 aromatic rings. The van der Waals surface area contributed by atoms with Gasteiger partial charge in [0.2, 0.25) is 0 Å². The van der Waals surface area contributed by atoms with Crippen LogP contribution >= 0.6 is 27.7 Å². The normalized spacial score (nSPS) is 16.8. The molecule has 6 heteroatoms. The molecule has 19 heavy (non-hydrogen) atoms. The van der Waals surface area contributed by atoms with Gasteiger partial charge in [0.15, 0.2) is 5.82 Å². The predicted octanol–water partition coefficient (Wildman–Crippen LogP) is 3.98. The van der Waals surface area contributed by atoms with E-state index < -0.39 is 11.8 Å². The molecule has 0 aromatic heterocycles. The van der Waals surface area contributed by atoms with Gasteiger partial charge in [-0.2, -0.15) is 11.8 Å². The first-order chi connectivity index (χ1) is 8.99. The number of thioether (sulfide) groups is 1. The number of hydrogen-bond donors (Lipinski definition) is 2. The van der Waals surface area contributed by atoms with Crippen molar-refractivity contribution in [3.8, 4) is 0 Å². The Balaban J connectivity index is 2.13. The summed E-state index contributed by atoms with van der Waals surface area (Å²) in [5.41, 5.74) is 0.281. The summed E-state index contributed by atoms with van der Waals surface area (Å²) in [6.45, 7) is 0.698. The summed E-state index contributed by atoms with van der Waals surface area (Å²) >= 11 is 4.80. The van der Waals surface area contributed by atoms with Gasteiger partial charge in [-0.25, -0.2) is 9.18 Å². The molecular formula is C13H15BrFNO2S. The molecule has 1 saturated carbocycles. The molecule has 2 rings (SSSR count). The molecule has 0 aliphatic heterocycles. The van der Waals surface area contributed by atoms with Crippen LogP contribution in [0.4, 0.5) is 10.1 Å². The Morgan fingerprint density at radius 1 is 1.58 bits per heavy atom. The van der Waals surface area contributed by atoms with Crippen molar-refractivity contribution in [2.24, 2.45) is 0 Å². The maximum absolute atomic E-state index is 14.0. The van der Waals surface area contributed by atoms with Crippen LogP contribution in [0.2, 0.25) is 0 Å². The van der Waals surface area contributed by atoms with E-state index in [0.29, 0.717) is 12.2 Å². The Kier molecular flexibility index (Phi) is 4.40. The van der Waals surface area contributed by atoms with Crippen LogP contribution in [0.1, 0.15) is 29.6 Å². The number of benzene rings is 1. The third-order valence-electron chi connectivity index (χ3n) is 3.61. The van der Waals surface area contributed by atoms with Gasteiger partial charge in [-0.15, -0.1) is 0 Å². The molecule has 1 aliphatic carbocycles. The van der Waals surface area contributed by atoms with Gasteiger partial charge in [-0.3, -0.25) is 0 Å². The van der Waals surface area contributed by atoms with E-state index in [2.05, 4.69) is 27.5 Å². The second kappa shape index (κ2) is 5.71. The second-order valence-electron chi connectivity index (χ2n) is 4.69. The van der Waals surface area contributed by atoms with Crippen molar-refractivity contribution in [3.63, 3.8) is 0 Å². The van der Waals surface area contributed by atoms with Crippen LogP contribution < -0.4 is 5.32 Å². The van der Waals surface area contributed by atoms with Crippen LogP contribution in [0.5, 0.6) is 0 Å². The first-order valence-electron chi connectivity index (χ1n) is 5.99. The van der Waals surface area contributed by atoms with Crippen molar-refractivity contribution in [3.05, 3.63) is 28.0 Å². The second-order valence-corrected chi connectivity index (χ2v) is 6.76. The van der Waals surface area contributed by atoms with Crippen molar-refractivity contribution in [2.45, 2.75) is 24.0 Å². The lowest BCUT2D eigenvalue weighted by Gasteiger charge is -2.40. The van der Waals surface area contributed by atoms with Crippen molar-refractivity contribution in [1.82, 2.24) is 0 Å². The number of carbonyl (C=O) groups is 1. The van der Waals surface area contributed by atoms with Crippen molar-refractivity contribution in [2.75, 3.05) is 18.1 Å². The van der Waals surface area contributed by atoms with E-state index in [9.17, 15) is 9.18 Å². The Hall–Kier alpha value is -0.750. The van der Waals surface area contributed by atoms with E-state index in [-0.39, 0.29) is 14.8 Å². The lowest BCUT2D eigenvalue weighted by Crippen LogP contribution is -2.40. The van der Waals surface area contributed by atoms with Crippen LogP contribution in [0.15, 0.2) is 16.6 Å². The molecule has 0 atom stereocenters. The average Bonchev–Trinajstić information content (AvgIpc) is 2.33. The van der Waals surface area contributed by atoms with Crippen molar-refractivity contribution >= 4 is 39.3 Å². The van der Waals surface area contributed by atoms with Gasteiger partial charge in [-0.05, 0) is 47.2 Å². The van der Waals surface area contributed by atoms with Gasteiger partial charge in [0, 0.05) is 11.3 Å². The van der Waals surface area contributed by atoms with Gasteiger partial charge in [-0.1, -0.05) is 6.42 Å². The number of hydrogen-bond acceptors (Lipinski definition) is 3. The molecule has 1 fully saturated rings. The van der Waals surface area contributed by atoms with Crippen LogP contribution in [-0.4, -0.2) is 28.6 Å². The predicted molar refractivity (Wildman–Crippen MR) is 79.6 cm³/mol. The summed E-state index contributed by atoms with van der Waals surface area (Å²) in [5.74, 6) is -1.69. The first-order valence-corrected chi connectivity index (χ1v) is 8.01. The lowest BCUT2D eigenvalue weighted by molar-refractivity contribution is 0.0695. The van der Waals surface area contributed by atoms with Gasteiger partial charge in [0.1, 0.15) is 0 Å². The fraction of sp³-hybridized carbons (Fsp3) is 0.462. The maximum Gasteiger partial charge on any atom is 0.336 e. The molecule has 0 amide bonds. The highest BCUT2D eigenvalue weighted by molar-refractivity contribution is 9.10. The molecule has 1 aromatic carbocycles. The zero-order valence-electron chi connectivity index (χ0n) is 10.5. The smallest absolute Gasteiger partial charge is 0.336 e. The Morgan fingerprint density at radius 3 is 2.74 bits per heavy atom. The number of halogens is 2. The van der Waals surface area contributed by atoms with E-state index >= 15 is 0 Å². The monoisotopic (exact) mass is 347 g/mol. The molecule has 104 valence electrons. The molecule has 1 aliphatic rings. The maximum atomic E-state index is 14.0. The third-order valence-corrected chi connectivity index (χ3v) is 5.81. The van der Waals surface area contributed by atoms with Crippen LogP contribution in [0, 0.1) is 5.82 Å². The van der Waals surface area contributed by atoms with Crippen LogP contribution in [0.3, 0.4) is 0 Å². The van der Waals surface area contributed by atoms with E-state index in [1.54, 1.807) is 11.8 Å². The summed E-state index contributed by atoms with van der Waals surface area (Å²) < 4.78 is 14.2. The Labute approximate surface area is 124 Å². The van der Waals surface area contributed by atoms with Crippen LogP contribution in [0.25, 0.3) is 0 Å². The fourth-order valence-corrected chi connectivity index (χ4v) is 3.56. The summed E-state index contributed by atoms with van der Waals surface area (Å²) in [5, 5.41) is 12.0. The topological polar surface area (TPSA) is 49.3 Å². The number of carboxylic acid groups (broad SMARTS) is 1. The summed E-state index contributed by atoms with van der Waals surface area (Å²) in [6, 6.07) is 2.89. The number of carboxylic acids is 1. The van der Waals surface area contributed by atoms with E-state index in [4.69, 9.17) is 5.11 Å². The summed E-state index contributed by atoms with van der Waals surface area (Å²) in [7, 11) is 0. The summed E-state index contributed by atoms with van der Waals surface area (Å²) in [6.07, 6.45) is 5.56. The average molecular weight is 348 g/mol. The number of nitrogens with one attached hydrogen (secondary N) is 1. The van der Waals surface area contributed by atoms with Gasteiger partial charge < -0.3 is 10.4 Å². The molecule has 0 unspecified atom stereocenters. The molecule has 0 saturated heterocycles. The molecule has 3 nitrogen and oxygen atoms in total. The molecule has 0 spiro atoms. The van der Waals surface area contributed by atoms with E-state index in [1.165, 1.54) is 18.6 Å². The largest absolute Gasteiger partial charge is 0.478 e. The van der Waals surface area contributed by atoms with Gasteiger partial charge in [0.25, 0.3) is 0 Å². The van der Waals surface area contributed by atoms with Gasteiger partial charge in [0.05, 0.1) is 15.7 Å². The fourth-order valence-electron chi connectivity index (χ4n) is 2.13. The highest BCUT2D eigenvalue weighted by Crippen LogP contribution is 2.43. The highest BCUT2D eigenvalue weighted by Gasteiger charge is 2.36. The third kappa shape index (κ3) is 2.89. The Bertz CT molecular complexity index is 500. The first kappa shape index (κ1) is 14.7. The van der Waals surface area contributed by atoms with Gasteiger partial charge >= 0.3 is 5.97 Å². The molecule has 0 bridgehead atoms. The zero-order chi connectivity index (χ0) is 14.0. The lowest BCUT2D eigenvalue weighted by atomic mass is 9.84. The highest BCUT2D eigenvalue weighted by atomic mass is 79.9. The van der Waals surface area contributed by atoms with Crippen molar-refractivity contribution < 1.29 is 14.3 Å². The van der Waals surface area contributed by atoms with Crippen molar-refractivity contribution in [1.29, 1.82) is 0 Å². The minimum Gasteiger partial charge on any atom is -0.478 e. The quantitative estimate of drug-likeness (QED) is 0.845. The number of rotatable bonds is 5. The zero-order valence-corrected chi connectivity index (χ0v) is 12.9. The molecule has 0 radical (unpaired) electrons. The SMILES string of the molecule is CSC1(CNc2ccc(C(=O)O)c(Br)c2F)CCC1. The molecule has 2 N–H and O–H groups in total. The Morgan fingerprint density at radius 2 is 2.26 bits per heavy atom. The number of anilines is 1. The van der Waals surface area contributed by atoms with Crippen LogP contribution in [-0.2, 0) is 0 Å². The molecular weight excluding hydrogens is 333 g/mol. The standard InChI is InChI=1S/C13H15BrFNO2S/c1-19-13(5-2-6-13)7-16-9-4-3-8(12(17)18)10(14)11(9)15/h3-4,16H,2,5-7H2,1H3,(H,17,18). The van der Waals surface area contributed by atoms with E-state index in [0.717, 1.165) is 12.8 Å². The molecule has 0 heterocycles. The minimum absolute atomic E-state index is 0.00295. The van der Waals surface area contributed by atoms with E-state index in [1.807, 2.05) is 0 Å². The number of aromatic carboxylic acids is 1.